The topological polar surface area (TPSA) is 119 Å². The van der Waals surface area contributed by atoms with Gasteiger partial charge in [-0.3, -0.25) is 4.39 Å². The first-order valence-electron chi connectivity index (χ1n) is 3.91. The first kappa shape index (κ1) is 11.2. The Kier molecular flexibility index (Phi) is 3.62. The van der Waals surface area contributed by atoms with E-state index in [0.717, 1.165) is 0 Å². The summed E-state index contributed by atoms with van der Waals surface area (Å²) in [5, 5.41) is 30.3. The van der Waals surface area contributed by atoms with Crippen LogP contribution in [0.5, 0.6) is 0 Å². The second-order valence-corrected chi connectivity index (χ2v) is 2.90. The molecular formula is C6H10FN3O4. The molecule has 0 aromatic carbocycles. The molecule has 3 N–H and O–H groups in total. The van der Waals surface area contributed by atoms with E-state index in [1.807, 2.05) is 0 Å². The van der Waals surface area contributed by atoms with Crippen LogP contribution in [-0.2, 0) is 4.74 Å². The smallest absolute Gasteiger partial charge is 0.183 e. The lowest BCUT2D eigenvalue weighted by Gasteiger charge is -2.18. The summed E-state index contributed by atoms with van der Waals surface area (Å²) in [7, 11) is 0. The van der Waals surface area contributed by atoms with Crippen LogP contribution in [0.3, 0.4) is 0 Å². The molecule has 0 amide bonds. The molecule has 1 rings (SSSR count). The van der Waals surface area contributed by atoms with Gasteiger partial charge in [0, 0.05) is 4.91 Å². The van der Waals surface area contributed by atoms with Crippen LogP contribution in [0.4, 0.5) is 4.39 Å². The van der Waals surface area contributed by atoms with E-state index < -0.39 is 37.3 Å². The van der Waals surface area contributed by atoms with Crippen molar-refractivity contribution in [1.82, 2.24) is 0 Å². The number of aliphatic hydroxyl groups excluding tert-OH is 3. The van der Waals surface area contributed by atoms with Crippen LogP contribution in [0.15, 0.2) is 5.11 Å². The van der Waals surface area contributed by atoms with Gasteiger partial charge in [-0.1, -0.05) is 5.11 Å². The zero-order chi connectivity index (χ0) is 10.7. The summed E-state index contributed by atoms with van der Waals surface area (Å²) in [6, 6.07) is -1.25. The molecule has 0 spiro atoms. The maximum Gasteiger partial charge on any atom is 0.183 e. The third-order valence-corrected chi connectivity index (χ3v) is 2.01. The second kappa shape index (κ2) is 4.54. The predicted molar refractivity (Wildman–Crippen MR) is 41.8 cm³/mol. The van der Waals surface area contributed by atoms with E-state index in [4.69, 9.17) is 15.7 Å². The van der Waals surface area contributed by atoms with Crippen molar-refractivity contribution in [3.05, 3.63) is 10.4 Å². The average Bonchev–Trinajstić information content (AvgIpc) is 2.42. The first-order valence-corrected chi connectivity index (χ1v) is 3.91. The van der Waals surface area contributed by atoms with Gasteiger partial charge in [0.25, 0.3) is 0 Å². The van der Waals surface area contributed by atoms with E-state index in [1.165, 1.54) is 0 Å². The van der Waals surface area contributed by atoms with E-state index in [9.17, 15) is 9.50 Å². The van der Waals surface area contributed by atoms with Crippen LogP contribution < -0.4 is 0 Å². The fourth-order valence-corrected chi connectivity index (χ4v) is 1.25. The van der Waals surface area contributed by atoms with Crippen molar-refractivity contribution in [2.75, 3.05) is 6.67 Å². The van der Waals surface area contributed by atoms with Crippen LogP contribution in [0, 0.1) is 0 Å². The van der Waals surface area contributed by atoms with Crippen molar-refractivity contribution in [2.45, 2.75) is 30.6 Å². The fraction of sp³-hybridized carbons (Fsp3) is 1.00. The highest BCUT2D eigenvalue weighted by Gasteiger charge is 2.45. The van der Waals surface area contributed by atoms with Gasteiger partial charge in [0.1, 0.15) is 25.0 Å². The number of halogens is 1. The Morgan fingerprint density at radius 3 is 2.43 bits per heavy atom. The molecule has 0 aromatic heterocycles. The number of azide groups is 1. The monoisotopic (exact) mass is 207 g/mol. The van der Waals surface area contributed by atoms with Crippen molar-refractivity contribution in [2.24, 2.45) is 5.11 Å². The third-order valence-electron chi connectivity index (χ3n) is 2.01. The zero-order valence-electron chi connectivity index (χ0n) is 7.06. The van der Waals surface area contributed by atoms with E-state index in [1.54, 1.807) is 0 Å². The van der Waals surface area contributed by atoms with Crippen molar-refractivity contribution >= 4 is 0 Å². The Hall–Kier alpha value is -0.920. The predicted octanol–water partition coefficient (Wildman–Crippen LogP) is -0.926. The Morgan fingerprint density at radius 2 is 2.07 bits per heavy atom. The lowest BCUT2D eigenvalue weighted by atomic mass is 10.1. The van der Waals surface area contributed by atoms with E-state index in [2.05, 4.69) is 14.8 Å². The number of rotatable bonds is 3. The summed E-state index contributed by atoms with van der Waals surface area (Å²) in [5.74, 6) is 0. The largest absolute Gasteiger partial charge is 0.387 e. The Balaban J connectivity index is 2.73. The van der Waals surface area contributed by atoms with Crippen LogP contribution in [-0.4, -0.2) is 52.6 Å². The quantitative estimate of drug-likeness (QED) is 0.314. The molecule has 1 saturated heterocycles. The fourth-order valence-electron chi connectivity index (χ4n) is 1.25. The SMILES string of the molecule is [N-]=[N+]=N[C@H](CF)[C@H]1OC(O)[C@H](O)[C@H]1O. The van der Waals surface area contributed by atoms with Gasteiger partial charge in [0.2, 0.25) is 0 Å². The number of ether oxygens (including phenoxy) is 1. The Labute approximate surface area is 78.4 Å². The summed E-state index contributed by atoms with van der Waals surface area (Å²) >= 11 is 0. The average molecular weight is 207 g/mol. The number of nitrogens with zero attached hydrogens (tertiary/aromatic N) is 3. The van der Waals surface area contributed by atoms with Gasteiger partial charge >= 0.3 is 0 Å². The van der Waals surface area contributed by atoms with Crippen molar-refractivity contribution < 1.29 is 24.4 Å². The minimum atomic E-state index is -1.59. The minimum absolute atomic E-state index is 1.04. The zero-order valence-corrected chi connectivity index (χ0v) is 7.06. The maximum absolute atomic E-state index is 12.3. The lowest BCUT2D eigenvalue weighted by Crippen LogP contribution is -2.38. The second-order valence-electron chi connectivity index (χ2n) is 2.90. The Bertz CT molecular complexity index is 247. The van der Waals surface area contributed by atoms with Gasteiger partial charge in [-0.25, -0.2) is 0 Å². The summed E-state index contributed by atoms with van der Waals surface area (Å²) in [6.07, 6.45) is -5.78. The molecular weight excluding hydrogens is 197 g/mol. The molecule has 0 saturated carbocycles. The molecule has 0 aromatic rings. The molecule has 7 nitrogen and oxygen atoms in total. The number of hydrogen-bond acceptors (Lipinski definition) is 5. The molecule has 1 aliphatic heterocycles. The molecule has 8 heteroatoms. The highest BCUT2D eigenvalue weighted by Crippen LogP contribution is 2.23. The van der Waals surface area contributed by atoms with Crippen LogP contribution in [0.25, 0.3) is 10.4 Å². The molecule has 14 heavy (non-hydrogen) atoms. The number of hydrogen-bond donors (Lipinski definition) is 3. The highest BCUT2D eigenvalue weighted by atomic mass is 19.1. The van der Waals surface area contributed by atoms with Gasteiger partial charge in [0.05, 0.1) is 6.04 Å². The number of alkyl halides is 1. The standard InChI is InChI=1S/C6H10FN3O4/c7-1-2(9-10-8)5-3(11)4(12)6(13)14-5/h2-6,11-13H,1H2/t2-,3-,4-,5-,6?/m1/s1. The molecule has 5 atom stereocenters. The van der Waals surface area contributed by atoms with E-state index in [-0.39, 0.29) is 0 Å². The molecule has 1 fully saturated rings. The normalized spacial score (nSPS) is 39.1. The molecule has 1 heterocycles. The highest BCUT2D eigenvalue weighted by molar-refractivity contribution is 4.93. The van der Waals surface area contributed by atoms with Crippen LogP contribution in [0.1, 0.15) is 0 Å². The molecule has 1 unspecified atom stereocenters. The first-order chi connectivity index (χ1) is 6.61. The van der Waals surface area contributed by atoms with Gasteiger partial charge in [-0.2, -0.15) is 0 Å². The summed E-state index contributed by atoms with van der Waals surface area (Å²) in [5.41, 5.74) is 8.08. The lowest BCUT2D eigenvalue weighted by molar-refractivity contribution is -0.130. The van der Waals surface area contributed by atoms with Crippen molar-refractivity contribution in [1.29, 1.82) is 0 Å². The maximum atomic E-state index is 12.3. The molecule has 0 radical (unpaired) electrons. The van der Waals surface area contributed by atoms with Crippen molar-refractivity contribution in [3.8, 4) is 0 Å². The summed E-state index contributed by atoms with van der Waals surface area (Å²) in [4.78, 5) is 2.37. The van der Waals surface area contributed by atoms with Crippen LogP contribution >= 0.6 is 0 Å². The number of aliphatic hydroxyl groups is 3. The molecule has 80 valence electrons. The van der Waals surface area contributed by atoms with Gasteiger partial charge in [-0.15, -0.1) is 0 Å². The van der Waals surface area contributed by atoms with Gasteiger partial charge in [0.15, 0.2) is 6.29 Å². The summed E-state index contributed by atoms with van der Waals surface area (Å²) in [6.45, 7) is -1.04. The molecule has 1 aliphatic rings. The molecule has 0 aliphatic carbocycles. The molecule has 0 bridgehead atoms. The van der Waals surface area contributed by atoms with Gasteiger partial charge < -0.3 is 20.1 Å². The van der Waals surface area contributed by atoms with Crippen molar-refractivity contribution in [3.63, 3.8) is 0 Å². The minimum Gasteiger partial charge on any atom is -0.387 e. The van der Waals surface area contributed by atoms with Gasteiger partial charge in [-0.05, 0) is 5.53 Å². The van der Waals surface area contributed by atoms with E-state index >= 15 is 0 Å². The summed E-state index contributed by atoms with van der Waals surface area (Å²) < 4.78 is 16.9. The van der Waals surface area contributed by atoms with E-state index in [0.29, 0.717) is 0 Å². The Morgan fingerprint density at radius 1 is 1.43 bits per heavy atom. The van der Waals surface area contributed by atoms with Crippen LogP contribution in [0.2, 0.25) is 0 Å². The third kappa shape index (κ3) is 1.94.